The molecule has 12 nitrogen and oxygen atoms in total. The normalized spacial score (nSPS) is 21.7. The lowest BCUT2D eigenvalue weighted by Gasteiger charge is -2.36. The number of morpholine rings is 1. The van der Waals surface area contributed by atoms with E-state index >= 15 is 0 Å². The fourth-order valence-electron chi connectivity index (χ4n) is 5.38. The number of tetrazole rings is 1. The van der Waals surface area contributed by atoms with Crippen molar-refractivity contribution >= 4 is 34.3 Å². The molecule has 196 valence electrons. The van der Waals surface area contributed by atoms with Crippen LogP contribution in [-0.2, 0) is 9.53 Å². The Labute approximate surface area is 219 Å². The number of nitrogens with zero attached hydrogens (tertiary/aromatic N) is 8. The summed E-state index contributed by atoms with van der Waals surface area (Å²) in [6.45, 7) is 9.54. The zero-order valence-corrected chi connectivity index (χ0v) is 22.0. The molecule has 38 heavy (non-hydrogen) atoms. The number of rotatable bonds is 4. The molecule has 0 saturated carbocycles. The molecule has 1 fully saturated rings. The van der Waals surface area contributed by atoms with E-state index in [1.54, 1.807) is 4.68 Å². The zero-order valence-electron chi connectivity index (χ0n) is 22.0. The maximum absolute atomic E-state index is 13.4. The Morgan fingerprint density at radius 3 is 2.71 bits per heavy atom. The molecule has 0 bridgehead atoms. The number of ether oxygens (including phenoxy) is 1. The first-order valence-electron chi connectivity index (χ1n) is 12.7. The van der Waals surface area contributed by atoms with E-state index in [1.165, 1.54) is 0 Å². The minimum absolute atomic E-state index is 0.138. The monoisotopic (exact) mass is 514 g/mol. The standard InChI is InChI=1S/C26H30N10O2/c1-14-12-35(13-15(2)38-14)22-10-18(8-9-27-22)24-20-11-19(6-7-21(20)29-30-24)28-25(37)23-16(3)34(5)26-31-32-33-36(26)17(23)4/h6-11,14-15,17H,12-13H2,1-5H3,(H,28,37)(H,29,30)/t14-,15-,17?/m0/s1. The van der Waals surface area contributed by atoms with Gasteiger partial charge in [0.05, 0.1) is 29.3 Å². The largest absolute Gasteiger partial charge is 0.372 e. The van der Waals surface area contributed by atoms with Gasteiger partial charge in [0.15, 0.2) is 0 Å². The summed E-state index contributed by atoms with van der Waals surface area (Å²) in [5, 5.41) is 23.6. The van der Waals surface area contributed by atoms with Gasteiger partial charge in [0, 0.05) is 48.7 Å². The smallest absolute Gasteiger partial charge is 0.255 e. The third-order valence-corrected chi connectivity index (χ3v) is 7.28. The van der Waals surface area contributed by atoms with Crippen LogP contribution >= 0.6 is 0 Å². The number of aromatic nitrogens is 7. The summed E-state index contributed by atoms with van der Waals surface area (Å²) in [6.07, 6.45) is 2.09. The van der Waals surface area contributed by atoms with Gasteiger partial charge in [-0.1, -0.05) is 5.10 Å². The van der Waals surface area contributed by atoms with Crippen LogP contribution in [0.25, 0.3) is 22.2 Å². The lowest BCUT2D eigenvalue weighted by molar-refractivity contribution is -0.113. The van der Waals surface area contributed by atoms with Crippen LogP contribution < -0.4 is 15.1 Å². The maximum Gasteiger partial charge on any atom is 0.255 e. The topological polar surface area (TPSA) is 130 Å². The molecule has 2 aliphatic heterocycles. The fraction of sp³-hybridized carbons (Fsp3) is 0.385. The number of pyridine rings is 1. The van der Waals surface area contributed by atoms with Gasteiger partial charge in [-0.3, -0.25) is 9.89 Å². The van der Waals surface area contributed by atoms with Gasteiger partial charge in [-0.25, -0.2) is 9.67 Å². The second-order valence-electron chi connectivity index (χ2n) is 10.0. The Hall–Kier alpha value is -4.32. The minimum Gasteiger partial charge on any atom is -0.372 e. The summed E-state index contributed by atoms with van der Waals surface area (Å²) in [7, 11) is 1.85. The number of aromatic amines is 1. The molecular formula is C26H30N10O2. The van der Waals surface area contributed by atoms with Crippen molar-refractivity contribution in [2.45, 2.75) is 45.9 Å². The first-order valence-corrected chi connectivity index (χ1v) is 12.7. The highest BCUT2D eigenvalue weighted by Crippen LogP contribution is 2.34. The van der Waals surface area contributed by atoms with Gasteiger partial charge in [0.1, 0.15) is 11.5 Å². The van der Waals surface area contributed by atoms with Crippen LogP contribution in [0.3, 0.4) is 0 Å². The summed E-state index contributed by atoms with van der Waals surface area (Å²) >= 11 is 0. The molecule has 0 aliphatic carbocycles. The van der Waals surface area contributed by atoms with E-state index in [2.05, 4.69) is 60.8 Å². The van der Waals surface area contributed by atoms with E-state index in [1.807, 2.05) is 56.3 Å². The Morgan fingerprint density at radius 2 is 1.92 bits per heavy atom. The number of amides is 1. The molecule has 3 atom stereocenters. The molecule has 2 aliphatic rings. The lowest BCUT2D eigenvalue weighted by atomic mass is 10.0. The van der Waals surface area contributed by atoms with Gasteiger partial charge < -0.3 is 19.9 Å². The summed E-state index contributed by atoms with van der Waals surface area (Å²) in [5.41, 5.74) is 4.71. The Kier molecular flexibility index (Phi) is 5.83. The Bertz CT molecular complexity index is 1550. The Balaban J connectivity index is 1.29. The second-order valence-corrected chi connectivity index (χ2v) is 10.0. The van der Waals surface area contributed by atoms with E-state index in [4.69, 9.17) is 4.74 Å². The first kappa shape index (κ1) is 24.0. The average Bonchev–Trinajstić information content (AvgIpc) is 3.55. The maximum atomic E-state index is 13.4. The molecule has 5 heterocycles. The van der Waals surface area contributed by atoms with Crippen LogP contribution in [0.2, 0.25) is 0 Å². The van der Waals surface area contributed by atoms with Crippen molar-refractivity contribution in [2.75, 3.05) is 35.3 Å². The van der Waals surface area contributed by atoms with Crippen molar-refractivity contribution < 1.29 is 9.53 Å². The highest BCUT2D eigenvalue weighted by Gasteiger charge is 2.32. The number of H-pyrrole nitrogens is 1. The summed E-state index contributed by atoms with van der Waals surface area (Å²) in [4.78, 5) is 22.1. The molecule has 4 aromatic rings. The van der Waals surface area contributed by atoms with Gasteiger partial charge in [0.25, 0.3) is 5.91 Å². The van der Waals surface area contributed by atoms with Crippen LogP contribution in [0.15, 0.2) is 47.8 Å². The van der Waals surface area contributed by atoms with Crippen LogP contribution in [0.1, 0.15) is 33.7 Å². The second kappa shape index (κ2) is 9.21. The average molecular weight is 515 g/mol. The van der Waals surface area contributed by atoms with Crippen LogP contribution in [0.5, 0.6) is 0 Å². The SMILES string of the molecule is CC1=C(C(=O)Nc2ccc3[nH]nc(-c4ccnc(N5C[C@H](C)O[C@@H](C)C5)c4)c3c2)C(C)n2nnnc2N1C. The van der Waals surface area contributed by atoms with Gasteiger partial charge in [0.2, 0.25) is 5.95 Å². The molecule has 12 heteroatoms. The lowest BCUT2D eigenvalue weighted by Crippen LogP contribution is -2.45. The molecule has 0 spiro atoms. The summed E-state index contributed by atoms with van der Waals surface area (Å²) in [6, 6.07) is 9.45. The van der Waals surface area contributed by atoms with Crippen molar-refractivity contribution in [3.05, 3.63) is 47.8 Å². The van der Waals surface area contributed by atoms with Crippen molar-refractivity contribution in [1.82, 2.24) is 35.4 Å². The molecule has 1 aromatic carbocycles. The first-order chi connectivity index (χ1) is 18.3. The predicted molar refractivity (Wildman–Crippen MR) is 144 cm³/mol. The highest BCUT2D eigenvalue weighted by atomic mass is 16.5. The number of anilines is 3. The van der Waals surface area contributed by atoms with Crippen LogP contribution in [0, 0.1) is 0 Å². The predicted octanol–water partition coefficient (Wildman–Crippen LogP) is 3.15. The van der Waals surface area contributed by atoms with Gasteiger partial charge in [-0.05, 0) is 68.5 Å². The molecule has 0 radical (unpaired) electrons. The molecule has 1 amide bonds. The van der Waals surface area contributed by atoms with Crippen molar-refractivity contribution in [3.8, 4) is 11.3 Å². The number of nitrogens with one attached hydrogen (secondary N) is 2. The summed E-state index contributed by atoms with van der Waals surface area (Å²) < 4.78 is 7.53. The fourth-order valence-corrected chi connectivity index (χ4v) is 5.38. The van der Waals surface area contributed by atoms with Crippen molar-refractivity contribution in [3.63, 3.8) is 0 Å². The summed E-state index contributed by atoms with van der Waals surface area (Å²) in [5.74, 6) is 1.30. The number of carbonyl (C=O) groups excluding carboxylic acids is 1. The Morgan fingerprint density at radius 1 is 1.13 bits per heavy atom. The van der Waals surface area contributed by atoms with E-state index in [9.17, 15) is 4.79 Å². The van der Waals surface area contributed by atoms with Gasteiger partial charge in [-0.15, -0.1) is 0 Å². The van der Waals surface area contributed by atoms with Gasteiger partial charge in [-0.2, -0.15) is 5.10 Å². The third-order valence-electron chi connectivity index (χ3n) is 7.28. The van der Waals surface area contributed by atoms with Crippen LogP contribution in [0.4, 0.5) is 17.5 Å². The highest BCUT2D eigenvalue weighted by molar-refractivity contribution is 6.07. The number of benzene rings is 1. The number of fused-ring (bicyclic) bond motifs is 2. The number of hydrogen-bond acceptors (Lipinski definition) is 9. The van der Waals surface area contributed by atoms with Gasteiger partial charge >= 0.3 is 0 Å². The van der Waals surface area contributed by atoms with E-state index in [0.717, 1.165) is 46.8 Å². The molecular weight excluding hydrogens is 484 g/mol. The molecule has 3 aromatic heterocycles. The number of allylic oxidation sites excluding steroid dienone is 1. The molecule has 6 rings (SSSR count). The zero-order chi connectivity index (χ0) is 26.6. The molecule has 1 saturated heterocycles. The van der Waals surface area contributed by atoms with E-state index in [-0.39, 0.29) is 24.2 Å². The van der Waals surface area contributed by atoms with E-state index in [0.29, 0.717) is 17.2 Å². The van der Waals surface area contributed by atoms with E-state index < -0.39 is 0 Å². The van der Waals surface area contributed by atoms with Crippen molar-refractivity contribution in [2.24, 2.45) is 0 Å². The third kappa shape index (κ3) is 4.06. The van der Waals surface area contributed by atoms with Crippen LogP contribution in [-0.4, -0.2) is 73.6 Å². The van der Waals surface area contributed by atoms with Crippen molar-refractivity contribution in [1.29, 1.82) is 0 Å². The molecule has 2 N–H and O–H groups in total. The minimum atomic E-state index is -0.301. The number of hydrogen-bond donors (Lipinski definition) is 2. The number of carbonyl (C=O) groups is 1. The quantitative estimate of drug-likeness (QED) is 0.422. The molecule has 1 unspecified atom stereocenters.